The Balaban J connectivity index is 1.28. The Hall–Kier alpha value is -2.45. The van der Waals surface area contributed by atoms with Crippen LogP contribution in [0.2, 0.25) is 0 Å². The zero-order valence-electron chi connectivity index (χ0n) is 13.1. The normalized spacial score (nSPS) is 14.5. The average Bonchev–Trinajstić information content (AvgIpc) is 3.23. The third kappa shape index (κ3) is 3.10. The van der Waals surface area contributed by atoms with Crippen molar-refractivity contribution in [1.29, 1.82) is 0 Å². The molecule has 1 aliphatic rings. The van der Waals surface area contributed by atoms with Crippen molar-refractivity contribution in [2.45, 2.75) is 13.0 Å². The molecule has 8 heteroatoms. The molecule has 2 N–H and O–H groups in total. The van der Waals surface area contributed by atoms with Gasteiger partial charge in [-0.3, -0.25) is 10.2 Å². The van der Waals surface area contributed by atoms with Crippen molar-refractivity contribution in [1.82, 2.24) is 24.8 Å². The van der Waals surface area contributed by atoms with Crippen molar-refractivity contribution < 1.29 is 4.79 Å². The van der Waals surface area contributed by atoms with Gasteiger partial charge in [-0.2, -0.15) is 9.61 Å². The highest BCUT2D eigenvalue weighted by Crippen LogP contribution is 2.23. The topological polar surface area (TPSA) is 74.6 Å². The second-order valence-electron chi connectivity index (χ2n) is 5.71. The molecule has 2 amide bonds. The lowest BCUT2D eigenvalue weighted by atomic mass is 10.1. The van der Waals surface area contributed by atoms with Gasteiger partial charge in [-0.15, -0.1) is 11.3 Å². The molecule has 0 unspecified atom stereocenters. The molecule has 4 heterocycles. The van der Waals surface area contributed by atoms with Gasteiger partial charge in [0.1, 0.15) is 5.82 Å². The van der Waals surface area contributed by atoms with Crippen LogP contribution in [0.15, 0.2) is 36.0 Å². The Morgan fingerprint density at radius 2 is 2.25 bits per heavy atom. The number of carbonyl (C=O) groups excluding carboxylic acids is 1. The molecule has 0 spiro atoms. The summed E-state index contributed by atoms with van der Waals surface area (Å²) in [4.78, 5) is 20.1. The molecule has 0 fully saturated rings. The molecule has 3 aromatic heterocycles. The highest BCUT2D eigenvalue weighted by atomic mass is 32.1. The fourth-order valence-electron chi connectivity index (χ4n) is 2.92. The summed E-state index contributed by atoms with van der Waals surface area (Å²) < 4.78 is 1.60. The number of fused-ring (bicyclic) bond motifs is 2. The molecule has 1 aliphatic heterocycles. The summed E-state index contributed by atoms with van der Waals surface area (Å²) >= 11 is 1.84. The van der Waals surface area contributed by atoms with Crippen LogP contribution in [0.25, 0.3) is 5.65 Å². The van der Waals surface area contributed by atoms with Gasteiger partial charge in [-0.05, 0) is 29.5 Å². The van der Waals surface area contributed by atoms with Crippen LogP contribution < -0.4 is 10.6 Å². The number of amides is 2. The van der Waals surface area contributed by atoms with Crippen LogP contribution in [-0.4, -0.2) is 45.2 Å². The lowest BCUT2D eigenvalue weighted by molar-refractivity contribution is 0.239. The van der Waals surface area contributed by atoms with Gasteiger partial charge in [-0.1, -0.05) is 0 Å². The van der Waals surface area contributed by atoms with E-state index in [2.05, 4.69) is 37.1 Å². The van der Waals surface area contributed by atoms with Crippen molar-refractivity contribution in [3.8, 4) is 0 Å². The summed E-state index contributed by atoms with van der Waals surface area (Å²) in [7, 11) is 0. The van der Waals surface area contributed by atoms with E-state index >= 15 is 0 Å². The fraction of sp³-hybridized carbons (Fsp3) is 0.312. The molecule has 0 atom stereocenters. The Labute approximate surface area is 143 Å². The van der Waals surface area contributed by atoms with E-state index in [1.165, 1.54) is 10.4 Å². The monoisotopic (exact) mass is 342 g/mol. The van der Waals surface area contributed by atoms with Gasteiger partial charge in [0.15, 0.2) is 5.65 Å². The molecule has 4 rings (SSSR count). The second-order valence-corrected chi connectivity index (χ2v) is 6.71. The molecule has 0 radical (unpaired) electrons. The van der Waals surface area contributed by atoms with Crippen molar-refractivity contribution in [2.75, 3.05) is 25.0 Å². The first kappa shape index (κ1) is 15.1. The first-order valence-corrected chi connectivity index (χ1v) is 8.79. The van der Waals surface area contributed by atoms with Crippen molar-refractivity contribution >= 4 is 28.8 Å². The van der Waals surface area contributed by atoms with Gasteiger partial charge < -0.3 is 5.32 Å². The summed E-state index contributed by atoms with van der Waals surface area (Å²) in [5.74, 6) is 0.600. The predicted molar refractivity (Wildman–Crippen MR) is 93.3 cm³/mol. The minimum absolute atomic E-state index is 0.230. The number of hydrogen-bond acceptors (Lipinski definition) is 5. The summed E-state index contributed by atoms with van der Waals surface area (Å²) in [5, 5.41) is 12.0. The number of rotatable bonds is 4. The van der Waals surface area contributed by atoms with Crippen molar-refractivity contribution in [3.63, 3.8) is 0 Å². The molecule has 124 valence electrons. The Kier molecular flexibility index (Phi) is 4.14. The molecule has 0 aliphatic carbocycles. The summed E-state index contributed by atoms with van der Waals surface area (Å²) in [5.41, 5.74) is 2.13. The molecule has 0 aromatic carbocycles. The number of hydrogen-bond donors (Lipinski definition) is 2. The van der Waals surface area contributed by atoms with Gasteiger partial charge in [-0.25, -0.2) is 9.78 Å². The highest BCUT2D eigenvalue weighted by molar-refractivity contribution is 7.10. The molecule has 3 aromatic rings. The number of nitrogens with one attached hydrogen (secondary N) is 2. The Morgan fingerprint density at radius 3 is 3.21 bits per heavy atom. The third-order valence-electron chi connectivity index (χ3n) is 4.13. The van der Waals surface area contributed by atoms with Crippen LogP contribution in [-0.2, 0) is 13.0 Å². The minimum atomic E-state index is -0.230. The van der Waals surface area contributed by atoms with E-state index in [0.717, 1.165) is 26.1 Å². The van der Waals surface area contributed by atoms with E-state index in [1.54, 1.807) is 29.0 Å². The first-order valence-electron chi connectivity index (χ1n) is 7.91. The van der Waals surface area contributed by atoms with Crippen LogP contribution in [0.3, 0.4) is 0 Å². The van der Waals surface area contributed by atoms with E-state index < -0.39 is 0 Å². The molecule has 0 saturated heterocycles. The van der Waals surface area contributed by atoms with Crippen LogP contribution in [0.5, 0.6) is 0 Å². The van der Waals surface area contributed by atoms with E-state index in [9.17, 15) is 4.79 Å². The van der Waals surface area contributed by atoms with E-state index in [0.29, 0.717) is 18.0 Å². The van der Waals surface area contributed by atoms with E-state index in [-0.39, 0.29) is 6.03 Å². The smallest absolute Gasteiger partial charge is 0.320 e. The molecular weight excluding hydrogens is 324 g/mol. The maximum absolute atomic E-state index is 12.1. The summed E-state index contributed by atoms with van der Waals surface area (Å²) in [6, 6.07) is 5.48. The lowest BCUT2D eigenvalue weighted by Gasteiger charge is -2.26. The van der Waals surface area contributed by atoms with E-state index in [1.807, 2.05) is 11.3 Å². The average molecular weight is 342 g/mol. The Bertz CT molecular complexity index is 857. The number of aromatic nitrogens is 3. The van der Waals surface area contributed by atoms with Crippen LogP contribution in [0.1, 0.15) is 10.4 Å². The minimum Gasteiger partial charge on any atom is -0.337 e. The lowest BCUT2D eigenvalue weighted by Crippen LogP contribution is -2.39. The maximum Gasteiger partial charge on any atom is 0.320 e. The van der Waals surface area contributed by atoms with Crippen molar-refractivity contribution in [2.24, 2.45) is 0 Å². The Morgan fingerprint density at radius 1 is 1.29 bits per heavy atom. The zero-order valence-corrected chi connectivity index (χ0v) is 13.9. The number of urea groups is 1. The second kappa shape index (κ2) is 6.58. The molecule has 0 saturated carbocycles. The van der Waals surface area contributed by atoms with E-state index in [4.69, 9.17) is 0 Å². The quantitative estimate of drug-likeness (QED) is 0.760. The standard InChI is InChI=1S/C16H18N6OS/c23-16(20-15-1-5-17-14-2-6-19-22(14)15)18-7-9-21-8-3-13-12(11-21)4-10-24-13/h1-2,4-6,10H,3,7-9,11H2,(H2,18,20,23). The number of anilines is 1. The highest BCUT2D eigenvalue weighted by Gasteiger charge is 2.16. The van der Waals surface area contributed by atoms with Crippen molar-refractivity contribution in [3.05, 3.63) is 46.4 Å². The van der Waals surface area contributed by atoms with Crippen LogP contribution in [0, 0.1) is 0 Å². The molecule has 0 bridgehead atoms. The summed E-state index contributed by atoms with van der Waals surface area (Å²) in [6.45, 7) is 3.48. The molecule has 7 nitrogen and oxygen atoms in total. The zero-order chi connectivity index (χ0) is 16.4. The van der Waals surface area contributed by atoms with Gasteiger partial charge in [0.2, 0.25) is 0 Å². The van der Waals surface area contributed by atoms with Gasteiger partial charge in [0.25, 0.3) is 0 Å². The summed E-state index contributed by atoms with van der Waals surface area (Å²) in [6.07, 6.45) is 4.41. The van der Waals surface area contributed by atoms with Gasteiger partial charge >= 0.3 is 6.03 Å². The van der Waals surface area contributed by atoms with Crippen LogP contribution in [0.4, 0.5) is 10.6 Å². The largest absolute Gasteiger partial charge is 0.337 e. The third-order valence-corrected chi connectivity index (χ3v) is 5.16. The van der Waals surface area contributed by atoms with Gasteiger partial charge in [0.05, 0.1) is 6.20 Å². The van der Waals surface area contributed by atoms with Gasteiger partial charge in [0, 0.05) is 43.3 Å². The predicted octanol–water partition coefficient (Wildman–Crippen LogP) is 1.97. The fourth-order valence-corrected chi connectivity index (χ4v) is 3.80. The first-order chi connectivity index (χ1) is 11.8. The number of thiophene rings is 1. The number of nitrogens with zero attached hydrogens (tertiary/aromatic N) is 4. The number of carbonyl (C=O) groups is 1. The maximum atomic E-state index is 12.1. The molecule has 24 heavy (non-hydrogen) atoms. The SMILES string of the molecule is O=C(NCCN1CCc2sccc2C1)Nc1ccnc2ccnn12. The van der Waals surface area contributed by atoms with Crippen LogP contribution >= 0.6 is 11.3 Å². The molecular formula is C16H18N6OS.